The Morgan fingerprint density at radius 1 is 1.56 bits per heavy atom. The molecule has 0 bridgehead atoms. The molecule has 0 unspecified atom stereocenters. The lowest BCUT2D eigenvalue weighted by molar-refractivity contribution is 0.0957. The first kappa shape index (κ1) is 10.9. The average Bonchev–Trinajstić information content (AvgIpc) is 2.94. The van der Waals surface area contributed by atoms with Gasteiger partial charge in [0.05, 0.1) is 4.88 Å². The van der Waals surface area contributed by atoms with E-state index in [0.29, 0.717) is 6.54 Å². The standard InChI is InChI=1S/C11H13N3OS/c1-2-6-12-11(15)9-4-5-10(16-9)14-8-3-7-13-14/h3-5,7-8H,2,6H2,1H3,(H,12,15). The van der Waals surface area contributed by atoms with Crippen molar-refractivity contribution in [1.29, 1.82) is 0 Å². The number of hydrogen-bond donors (Lipinski definition) is 1. The fourth-order valence-electron chi connectivity index (χ4n) is 1.30. The van der Waals surface area contributed by atoms with Crippen LogP contribution in [-0.4, -0.2) is 22.2 Å². The van der Waals surface area contributed by atoms with Crippen molar-refractivity contribution < 1.29 is 4.79 Å². The highest BCUT2D eigenvalue weighted by Gasteiger charge is 2.09. The van der Waals surface area contributed by atoms with Crippen LogP contribution in [0.1, 0.15) is 23.0 Å². The first-order valence-corrected chi connectivity index (χ1v) is 6.01. The molecule has 2 rings (SSSR count). The maximum absolute atomic E-state index is 11.7. The predicted octanol–water partition coefficient (Wildman–Crippen LogP) is 2.07. The molecule has 1 amide bonds. The molecule has 84 valence electrons. The summed E-state index contributed by atoms with van der Waals surface area (Å²) in [4.78, 5) is 12.4. The van der Waals surface area contributed by atoms with Gasteiger partial charge in [-0.1, -0.05) is 6.92 Å². The summed E-state index contributed by atoms with van der Waals surface area (Å²) in [6.45, 7) is 2.75. The molecule has 0 saturated carbocycles. The van der Waals surface area contributed by atoms with Crippen molar-refractivity contribution in [2.24, 2.45) is 0 Å². The van der Waals surface area contributed by atoms with Gasteiger partial charge in [-0.25, -0.2) is 4.68 Å². The van der Waals surface area contributed by atoms with E-state index < -0.39 is 0 Å². The zero-order valence-corrected chi connectivity index (χ0v) is 9.83. The molecule has 0 fully saturated rings. The number of thiophene rings is 1. The lowest BCUT2D eigenvalue weighted by Gasteiger charge is -1.99. The number of carbonyl (C=O) groups excluding carboxylic acids is 1. The first-order chi connectivity index (χ1) is 7.81. The minimum atomic E-state index is -0.00902. The van der Waals surface area contributed by atoms with Crippen LogP contribution in [0.2, 0.25) is 0 Å². The van der Waals surface area contributed by atoms with E-state index in [2.05, 4.69) is 10.4 Å². The topological polar surface area (TPSA) is 46.9 Å². The van der Waals surface area contributed by atoms with E-state index in [0.717, 1.165) is 16.3 Å². The molecular weight excluding hydrogens is 222 g/mol. The number of nitrogens with zero attached hydrogens (tertiary/aromatic N) is 2. The zero-order valence-electron chi connectivity index (χ0n) is 9.01. The summed E-state index contributed by atoms with van der Waals surface area (Å²) >= 11 is 1.44. The van der Waals surface area contributed by atoms with Crippen LogP contribution in [0.25, 0.3) is 5.00 Å². The summed E-state index contributed by atoms with van der Waals surface area (Å²) in [6, 6.07) is 5.59. The highest BCUT2D eigenvalue weighted by molar-refractivity contribution is 7.16. The Morgan fingerprint density at radius 2 is 2.44 bits per heavy atom. The minimum Gasteiger partial charge on any atom is -0.351 e. The third-order valence-electron chi connectivity index (χ3n) is 2.08. The molecule has 2 aromatic rings. The van der Waals surface area contributed by atoms with Crippen molar-refractivity contribution in [1.82, 2.24) is 15.1 Å². The van der Waals surface area contributed by atoms with E-state index in [4.69, 9.17) is 0 Å². The van der Waals surface area contributed by atoms with Gasteiger partial charge < -0.3 is 5.32 Å². The molecule has 0 spiro atoms. The van der Waals surface area contributed by atoms with Gasteiger partial charge in [0.25, 0.3) is 5.91 Å². The Kier molecular flexibility index (Phi) is 3.36. The third-order valence-corrected chi connectivity index (χ3v) is 3.16. The van der Waals surface area contributed by atoms with Crippen molar-refractivity contribution in [2.45, 2.75) is 13.3 Å². The molecule has 0 atom stereocenters. The van der Waals surface area contributed by atoms with Crippen LogP contribution >= 0.6 is 11.3 Å². The van der Waals surface area contributed by atoms with Gasteiger partial charge in [-0.2, -0.15) is 5.10 Å². The van der Waals surface area contributed by atoms with Crippen molar-refractivity contribution in [3.8, 4) is 5.00 Å². The number of carbonyl (C=O) groups is 1. The highest BCUT2D eigenvalue weighted by atomic mass is 32.1. The van der Waals surface area contributed by atoms with Crippen LogP contribution in [0.3, 0.4) is 0 Å². The molecule has 0 aromatic carbocycles. The second kappa shape index (κ2) is 4.94. The summed E-state index contributed by atoms with van der Waals surface area (Å²) in [5, 5.41) is 7.92. The van der Waals surface area contributed by atoms with Crippen LogP contribution in [0.5, 0.6) is 0 Å². The number of rotatable bonds is 4. The molecule has 2 aromatic heterocycles. The molecule has 0 aliphatic carbocycles. The second-order valence-electron chi connectivity index (χ2n) is 3.34. The Bertz CT molecular complexity index is 461. The highest BCUT2D eigenvalue weighted by Crippen LogP contribution is 2.19. The maximum Gasteiger partial charge on any atom is 0.261 e. The number of nitrogens with one attached hydrogen (secondary N) is 1. The fraction of sp³-hybridized carbons (Fsp3) is 0.273. The molecule has 0 aliphatic rings. The Balaban J connectivity index is 2.11. The lowest BCUT2D eigenvalue weighted by Crippen LogP contribution is -2.22. The summed E-state index contributed by atoms with van der Waals surface area (Å²) in [5.74, 6) is -0.00902. The maximum atomic E-state index is 11.7. The summed E-state index contributed by atoms with van der Waals surface area (Å²) in [6.07, 6.45) is 4.53. The van der Waals surface area contributed by atoms with Crippen molar-refractivity contribution >= 4 is 17.2 Å². The van der Waals surface area contributed by atoms with Crippen molar-refractivity contribution in [3.05, 3.63) is 35.5 Å². The monoisotopic (exact) mass is 235 g/mol. The Hall–Kier alpha value is -1.62. The van der Waals surface area contributed by atoms with Crippen molar-refractivity contribution in [3.63, 3.8) is 0 Å². The van der Waals surface area contributed by atoms with Crippen LogP contribution in [0, 0.1) is 0 Å². The van der Waals surface area contributed by atoms with E-state index in [-0.39, 0.29) is 5.91 Å². The van der Waals surface area contributed by atoms with E-state index in [9.17, 15) is 4.79 Å². The van der Waals surface area contributed by atoms with Gasteiger partial charge in [0, 0.05) is 18.9 Å². The quantitative estimate of drug-likeness (QED) is 0.882. The molecule has 2 heterocycles. The molecular formula is C11H13N3OS. The smallest absolute Gasteiger partial charge is 0.261 e. The van der Waals surface area contributed by atoms with E-state index >= 15 is 0 Å². The van der Waals surface area contributed by atoms with Gasteiger partial charge in [-0.3, -0.25) is 4.79 Å². The zero-order chi connectivity index (χ0) is 11.4. The number of hydrogen-bond acceptors (Lipinski definition) is 3. The minimum absolute atomic E-state index is 0.00902. The number of aromatic nitrogens is 2. The summed E-state index contributed by atoms with van der Waals surface area (Å²) in [5.41, 5.74) is 0. The molecule has 16 heavy (non-hydrogen) atoms. The average molecular weight is 235 g/mol. The van der Waals surface area contributed by atoms with Crippen LogP contribution < -0.4 is 5.32 Å². The van der Waals surface area contributed by atoms with Crippen LogP contribution in [0.4, 0.5) is 0 Å². The van der Waals surface area contributed by atoms with E-state index in [1.165, 1.54) is 11.3 Å². The van der Waals surface area contributed by atoms with Crippen LogP contribution in [-0.2, 0) is 0 Å². The molecule has 1 N–H and O–H groups in total. The van der Waals surface area contributed by atoms with Crippen LogP contribution in [0.15, 0.2) is 30.6 Å². The van der Waals surface area contributed by atoms with Gasteiger partial charge in [-0.15, -0.1) is 11.3 Å². The molecule has 0 radical (unpaired) electrons. The van der Waals surface area contributed by atoms with Gasteiger partial charge in [0.15, 0.2) is 0 Å². The van der Waals surface area contributed by atoms with E-state index in [1.807, 2.05) is 31.3 Å². The van der Waals surface area contributed by atoms with Gasteiger partial charge in [0.1, 0.15) is 5.00 Å². The fourth-order valence-corrected chi connectivity index (χ4v) is 2.16. The largest absolute Gasteiger partial charge is 0.351 e. The molecule has 4 nitrogen and oxygen atoms in total. The van der Waals surface area contributed by atoms with Gasteiger partial charge >= 0.3 is 0 Å². The molecule has 0 saturated heterocycles. The van der Waals surface area contributed by atoms with Crippen molar-refractivity contribution in [2.75, 3.05) is 6.54 Å². The van der Waals surface area contributed by atoms with E-state index in [1.54, 1.807) is 10.9 Å². The molecule has 0 aliphatic heterocycles. The Morgan fingerprint density at radius 3 is 3.12 bits per heavy atom. The summed E-state index contributed by atoms with van der Waals surface area (Å²) in [7, 11) is 0. The normalized spacial score (nSPS) is 10.3. The third kappa shape index (κ3) is 2.30. The SMILES string of the molecule is CCCNC(=O)c1ccc(-n2cccn2)s1. The molecule has 5 heteroatoms. The van der Waals surface area contributed by atoms with Gasteiger partial charge in [0.2, 0.25) is 0 Å². The lowest BCUT2D eigenvalue weighted by atomic mass is 10.4. The summed E-state index contributed by atoms with van der Waals surface area (Å²) < 4.78 is 1.75. The first-order valence-electron chi connectivity index (χ1n) is 5.19. The Labute approximate surface area is 97.9 Å². The second-order valence-corrected chi connectivity index (χ2v) is 4.41. The number of amides is 1. The van der Waals surface area contributed by atoms with Gasteiger partial charge in [-0.05, 0) is 24.6 Å². The predicted molar refractivity (Wildman–Crippen MR) is 64.1 cm³/mol.